The summed E-state index contributed by atoms with van der Waals surface area (Å²) in [4.78, 5) is 22.7. The molecule has 0 saturated heterocycles. The van der Waals surface area contributed by atoms with E-state index in [1.165, 1.54) is 32.1 Å². The number of nitrogens with one attached hydrogen (secondary N) is 1. The van der Waals surface area contributed by atoms with E-state index in [0.29, 0.717) is 6.04 Å². The Morgan fingerprint density at radius 3 is 2.73 bits per heavy atom. The van der Waals surface area contributed by atoms with Crippen LogP contribution in [0.15, 0.2) is 6.20 Å². The van der Waals surface area contributed by atoms with Crippen molar-refractivity contribution in [2.24, 2.45) is 5.73 Å². The van der Waals surface area contributed by atoms with E-state index in [-0.39, 0.29) is 18.5 Å². The Kier molecular flexibility index (Phi) is 5.71. The zero-order valence-corrected chi connectivity index (χ0v) is 13.8. The minimum atomic E-state index is -0.171. The molecule has 1 atom stereocenters. The highest BCUT2D eigenvalue weighted by molar-refractivity contribution is 5.78. The molecule has 22 heavy (non-hydrogen) atoms. The molecule has 1 aromatic rings. The zero-order chi connectivity index (χ0) is 16.1. The van der Waals surface area contributed by atoms with Gasteiger partial charge in [0.15, 0.2) is 0 Å². The maximum absolute atomic E-state index is 11.4. The van der Waals surface area contributed by atoms with Crippen molar-refractivity contribution in [2.45, 2.75) is 58.0 Å². The van der Waals surface area contributed by atoms with Gasteiger partial charge in [-0.2, -0.15) is 0 Å². The van der Waals surface area contributed by atoms with Crippen LogP contribution in [0.5, 0.6) is 0 Å². The van der Waals surface area contributed by atoms with E-state index in [2.05, 4.69) is 27.2 Å². The molecule has 1 heterocycles. The third kappa shape index (κ3) is 3.94. The van der Waals surface area contributed by atoms with Gasteiger partial charge in [0, 0.05) is 30.5 Å². The smallest absolute Gasteiger partial charge is 0.234 e. The minimum absolute atomic E-state index is 0.00720. The normalized spacial score (nSPS) is 17.1. The Hall–Kier alpha value is -1.69. The van der Waals surface area contributed by atoms with Crippen LogP contribution in [0.3, 0.4) is 0 Å². The van der Waals surface area contributed by atoms with E-state index in [1.54, 1.807) is 0 Å². The quantitative estimate of drug-likeness (QED) is 0.865. The van der Waals surface area contributed by atoms with E-state index in [9.17, 15) is 4.79 Å². The number of rotatable bonds is 5. The van der Waals surface area contributed by atoms with Crippen molar-refractivity contribution in [1.29, 1.82) is 0 Å². The Balaban J connectivity index is 2.09. The number of nitrogens with two attached hydrogens (primary N) is 1. The molecule has 122 valence electrons. The topological polar surface area (TPSA) is 84.1 Å². The standard InChI is InChI=1S/C16H27N5O/c1-11(19-15(22)9-17)14-10-18-16(20-12(14)2)21(3)13-7-5-4-6-8-13/h10-11,13H,4-9,17H2,1-3H3,(H,19,22)/t11-/m1/s1. The summed E-state index contributed by atoms with van der Waals surface area (Å²) >= 11 is 0. The van der Waals surface area contributed by atoms with Crippen molar-refractivity contribution < 1.29 is 4.79 Å². The third-order valence-corrected chi connectivity index (χ3v) is 4.47. The van der Waals surface area contributed by atoms with Gasteiger partial charge in [0.1, 0.15) is 0 Å². The van der Waals surface area contributed by atoms with Gasteiger partial charge in [0.2, 0.25) is 11.9 Å². The zero-order valence-electron chi connectivity index (χ0n) is 13.8. The number of carbonyl (C=O) groups excluding carboxylic acids is 1. The number of carbonyl (C=O) groups is 1. The molecule has 6 nitrogen and oxygen atoms in total. The summed E-state index contributed by atoms with van der Waals surface area (Å²) < 4.78 is 0. The fourth-order valence-electron chi connectivity index (χ4n) is 3.07. The number of aromatic nitrogens is 2. The Morgan fingerprint density at radius 1 is 1.45 bits per heavy atom. The van der Waals surface area contributed by atoms with Crippen LogP contribution in [-0.2, 0) is 4.79 Å². The van der Waals surface area contributed by atoms with Crippen molar-refractivity contribution in [3.05, 3.63) is 17.5 Å². The Morgan fingerprint density at radius 2 is 2.14 bits per heavy atom. The minimum Gasteiger partial charge on any atom is -0.348 e. The van der Waals surface area contributed by atoms with Gasteiger partial charge in [-0.05, 0) is 26.7 Å². The van der Waals surface area contributed by atoms with Crippen LogP contribution >= 0.6 is 0 Å². The highest BCUT2D eigenvalue weighted by atomic mass is 16.1. The average molecular weight is 305 g/mol. The Labute approximate surface area is 132 Å². The molecule has 0 radical (unpaired) electrons. The molecular weight excluding hydrogens is 278 g/mol. The second kappa shape index (κ2) is 7.54. The van der Waals surface area contributed by atoms with Crippen LogP contribution < -0.4 is 16.0 Å². The van der Waals surface area contributed by atoms with Crippen LogP contribution in [0.4, 0.5) is 5.95 Å². The first-order valence-corrected chi connectivity index (χ1v) is 8.08. The molecule has 3 N–H and O–H groups in total. The molecule has 1 saturated carbocycles. The van der Waals surface area contributed by atoms with Gasteiger partial charge in [-0.25, -0.2) is 9.97 Å². The van der Waals surface area contributed by atoms with Gasteiger partial charge in [-0.1, -0.05) is 19.3 Å². The highest BCUT2D eigenvalue weighted by Gasteiger charge is 2.21. The highest BCUT2D eigenvalue weighted by Crippen LogP contribution is 2.25. The number of hydrogen-bond acceptors (Lipinski definition) is 5. The number of anilines is 1. The molecule has 1 amide bonds. The maximum Gasteiger partial charge on any atom is 0.234 e. The second-order valence-electron chi connectivity index (χ2n) is 6.11. The van der Waals surface area contributed by atoms with Crippen molar-refractivity contribution in [3.63, 3.8) is 0 Å². The van der Waals surface area contributed by atoms with Gasteiger partial charge in [0.25, 0.3) is 0 Å². The van der Waals surface area contributed by atoms with Crippen LogP contribution in [0.1, 0.15) is 56.3 Å². The van der Waals surface area contributed by atoms with Crippen molar-refractivity contribution in [2.75, 3.05) is 18.5 Å². The lowest BCUT2D eigenvalue weighted by Gasteiger charge is -2.31. The predicted molar refractivity (Wildman–Crippen MR) is 87.7 cm³/mol. The summed E-state index contributed by atoms with van der Waals surface area (Å²) in [6, 6.07) is 0.401. The summed E-state index contributed by atoms with van der Waals surface area (Å²) in [6.45, 7) is 3.87. The van der Waals surface area contributed by atoms with E-state index in [0.717, 1.165) is 17.2 Å². The largest absolute Gasteiger partial charge is 0.348 e. The lowest BCUT2D eigenvalue weighted by atomic mass is 9.95. The van der Waals surface area contributed by atoms with E-state index >= 15 is 0 Å². The van der Waals surface area contributed by atoms with Crippen molar-refractivity contribution in [1.82, 2.24) is 15.3 Å². The summed E-state index contributed by atoms with van der Waals surface area (Å²) in [6.07, 6.45) is 8.15. The lowest BCUT2D eigenvalue weighted by molar-refractivity contribution is -0.120. The summed E-state index contributed by atoms with van der Waals surface area (Å²) in [5.74, 6) is 0.598. The predicted octanol–water partition coefficient (Wildman–Crippen LogP) is 1.69. The van der Waals surface area contributed by atoms with E-state index in [4.69, 9.17) is 5.73 Å². The second-order valence-corrected chi connectivity index (χ2v) is 6.11. The molecule has 1 aromatic heterocycles. The van der Waals surface area contributed by atoms with Crippen LogP contribution in [0.2, 0.25) is 0 Å². The molecule has 2 rings (SSSR count). The average Bonchev–Trinajstić information content (AvgIpc) is 2.54. The number of nitrogens with zero attached hydrogens (tertiary/aromatic N) is 3. The molecule has 6 heteroatoms. The lowest BCUT2D eigenvalue weighted by Crippen LogP contribution is -2.35. The molecule has 0 aliphatic heterocycles. The van der Waals surface area contributed by atoms with Crippen LogP contribution in [-0.4, -0.2) is 35.5 Å². The molecule has 1 aliphatic rings. The molecule has 1 aliphatic carbocycles. The van der Waals surface area contributed by atoms with Gasteiger partial charge in [0.05, 0.1) is 12.6 Å². The molecule has 1 fully saturated rings. The SMILES string of the molecule is Cc1nc(N(C)C2CCCCC2)ncc1[C@@H](C)NC(=O)CN. The Bertz CT molecular complexity index is 513. The van der Waals surface area contributed by atoms with Gasteiger partial charge in [-0.3, -0.25) is 4.79 Å². The van der Waals surface area contributed by atoms with Crippen LogP contribution in [0.25, 0.3) is 0 Å². The molecule has 0 aromatic carbocycles. The number of aryl methyl sites for hydroxylation is 1. The first-order chi connectivity index (χ1) is 10.5. The summed E-state index contributed by atoms with van der Waals surface area (Å²) in [5.41, 5.74) is 7.17. The van der Waals surface area contributed by atoms with Gasteiger partial charge < -0.3 is 16.0 Å². The fourth-order valence-corrected chi connectivity index (χ4v) is 3.07. The summed E-state index contributed by atoms with van der Waals surface area (Å²) in [7, 11) is 2.07. The van der Waals surface area contributed by atoms with E-state index < -0.39 is 0 Å². The molecule has 0 bridgehead atoms. The third-order valence-electron chi connectivity index (χ3n) is 4.47. The van der Waals surface area contributed by atoms with E-state index in [1.807, 2.05) is 20.0 Å². The number of hydrogen-bond donors (Lipinski definition) is 2. The fraction of sp³-hybridized carbons (Fsp3) is 0.688. The summed E-state index contributed by atoms with van der Waals surface area (Å²) in [5, 5.41) is 2.84. The van der Waals surface area contributed by atoms with Gasteiger partial charge in [-0.15, -0.1) is 0 Å². The van der Waals surface area contributed by atoms with Crippen molar-refractivity contribution in [3.8, 4) is 0 Å². The molecular formula is C16H27N5O. The maximum atomic E-state index is 11.4. The number of amides is 1. The van der Waals surface area contributed by atoms with Crippen LogP contribution in [0, 0.1) is 6.92 Å². The first kappa shape index (κ1) is 16.7. The molecule has 0 spiro atoms. The molecule has 0 unspecified atom stereocenters. The first-order valence-electron chi connectivity index (χ1n) is 8.08. The monoisotopic (exact) mass is 305 g/mol. The van der Waals surface area contributed by atoms with Crippen molar-refractivity contribution >= 4 is 11.9 Å². The van der Waals surface area contributed by atoms with Gasteiger partial charge >= 0.3 is 0 Å².